The normalized spacial score (nSPS) is 18.6. The zero-order chi connectivity index (χ0) is 23.1. The number of hydrogen-bond donors (Lipinski definition) is 0. The SMILES string of the molecule is C=CCOCC#Cc1ccc(C2=C3CC(C(=O)OCC)(C(=O)OCC)C[C@@H]3CC2=O)cc1. The second-order valence-corrected chi connectivity index (χ2v) is 7.81. The summed E-state index contributed by atoms with van der Waals surface area (Å²) in [6.45, 7) is 8.11. The molecule has 6 heteroatoms. The fraction of sp³-hybridized carbons (Fsp3) is 0.423. The van der Waals surface area contributed by atoms with Crippen molar-refractivity contribution in [2.75, 3.05) is 26.4 Å². The average Bonchev–Trinajstić information content (AvgIpc) is 3.29. The Labute approximate surface area is 188 Å². The monoisotopic (exact) mass is 436 g/mol. The van der Waals surface area contributed by atoms with Crippen molar-refractivity contribution in [2.45, 2.75) is 33.1 Å². The van der Waals surface area contributed by atoms with Crippen LogP contribution in [0, 0.1) is 23.2 Å². The zero-order valence-corrected chi connectivity index (χ0v) is 18.6. The lowest BCUT2D eigenvalue weighted by atomic mass is 9.83. The highest BCUT2D eigenvalue weighted by molar-refractivity contribution is 6.24. The van der Waals surface area contributed by atoms with Crippen molar-refractivity contribution in [3.05, 3.63) is 53.6 Å². The first kappa shape index (κ1) is 23.5. The Kier molecular flexibility index (Phi) is 7.66. The third-order valence-corrected chi connectivity index (χ3v) is 5.76. The Morgan fingerprint density at radius 2 is 1.81 bits per heavy atom. The van der Waals surface area contributed by atoms with Gasteiger partial charge in [0, 0.05) is 17.6 Å². The molecule has 1 fully saturated rings. The fourth-order valence-corrected chi connectivity index (χ4v) is 4.41. The van der Waals surface area contributed by atoms with Gasteiger partial charge in [-0.05, 0) is 50.3 Å². The van der Waals surface area contributed by atoms with Gasteiger partial charge in [-0.15, -0.1) is 6.58 Å². The minimum atomic E-state index is -1.38. The van der Waals surface area contributed by atoms with Crippen LogP contribution in [0.5, 0.6) is 0 Å². The summed E-state index contributed by atoms with van der Waals surface area (Å²) in [4.78, 5) is 38.4. The molecule has 1 saturated carbocycles. The number of fused-ring (bicyclic) bond motifs is 1. The van der Waals surface area contributed by atoms with Gasteiger partial charge in [0.1, 0.15) is 6.61 Å². The summed E-state index contributed by atoms with van der Waals surface area (Å²) < 4.78 is 15.7. The minimum absolute atomic E-state index is 0.0305. The molecular formula is C26H28O6. The van der Waals surface area contributed by atoms with E-state index < -0.39 is 17.4 Å². The van der Waals surface area contributed by atoms with Gasteiger partial charge in [-0.2, -0.15) is 0 Å². The molecule has 0 spiro atoms. The second kappa shape index (κ2) is 10.4. The van der Waals surface area contributed by atoms with Crippen LogP contribution in [0.2, 0.25) is 0 Å². The van der Waals surface area contributed by atoms with E-state index in [0.717, 1.165) is 16.7 Å². The lowest BCUT2D eigenvalue weighted by Crippen LogP contribution is -2.40. The number of allylic oxidation sites excluding steroid dienone is 2. The highest BCUT2D eigenvalue weighted by Gasteiger charge is 2.58. The third-order valence-electron chi connectivity index (χ3n) is 5.76. The lowest BCUT2D eigenvalue weighted by Gasteiger charge is -2.24. The van der Waals surface area contributed by atoms with E-state index >= 15 is 0 Å². The number of ketones is 1. The van der Waals surface area contributed by atoms with E-state index in [2.05, 4.69) is 18.4 Å². The summed E-state index contributed by atoms with van der Waals surface area (Å²) in [5.41, 5.74) is 1.63. The Bertz CT molecular complexity index is 971. The van der Waals surface area contributed by atoms with Crippen molar-refractivity contribution in [1.82, 2.24) is 0 Å². The molecule has 1 atom stereocenters. The Morgan fingerprint density at radius 1 is 1.16 bits per heavy atom. The summed E-state index contributed by atoms with van der Waals surface area (Å²) in [6, 6.07) is 7.41. The molecule has 6 nitrogen and oxygen atoms in total. The summed E-state index contributed by atoms with van der Waals surface area (Å²) in [5, 5.41) is 0. The first-order valence-electron chi connectivity index (χ1n) is 10.9. The topological polar surface area (TPSA) is 78.9 Å². The number of esters is 2. The molecule has 0 aliphatic heterocycles. The quantitative estimate of drug-likeness (QED) is 0.204. The van der Waals surface area contributed by atoms with E-state index in [-0.39, 0.29) is 44.2 Å². The molecule has 2 aliphatic rings. The predicted molar refractivity (Wildman–Crippen MR) is 119 cm³/mol. The van der Waals surface area contributed by atoms with Gasteiger partial charge in [-0.1, -0.05) is 35.6 Å². The predicted octanol–water partition coefficient (Wildman–Crippen LogP) is 3.49. The van der Waals surface area contributed by atoms with Gasteiger partial charge < -0.3 is 14.2 Å². The van der Waals surface area contributed by atoms with Crippen LogP contribution in [0.4, 0.5) is 0 Å². The molecule has 1 aromatic rings. The van der Waals surface area contributed by atoms with Crippen LogP contribution >= 0.6 is 0 Å². The van der Waals surface area contributed by atoms with Gasteiger partial charge in [0.15, 0.2) is 11.2 Å². The standard InChI is InChI=1S/C26H28O6/c1-4-13-30-14-7-8-18-9-11-19(12-10-18)23-21-17-26(24(28)31-5-2,25(29)32-6-3)16-20(21)15-22(23)27/h4,9-12,20H,1,5-6,13-17H2,2-3H3/t20-/m0/s1. The van der Waals surface area contributed by atoms with Crippen LogP contribution < -0.4 is 0 Å². The highest BCUT2D eigenvalue weighted by Crippen LogP contribution is 2.54. The molecular weight excluding hydrogens is 408 g/mol. The van der Waals surface area contributed by atoms with Crippen LogP contribution in [0.1, 0.15) is 44.2 Å². The van der Waals surface area contributed by atoms with Gasteiger partial charge in [0.25, 0.3) is 0 Å². The van der Waals surface area contributed by atoms with Gasteiger partial charge >= 0.3 is 11.9 Å². The second-order valence-electron chi connectivity index (χ2n) is 7.81. The van der Waals surface area contributed by atoms with Crippen LogP contribution in [-0.4, -0.2) is 44.1 Å². The molecule has 0 saturated heterocycles. The van der Waals surface area contributed by atoms with Crippen LogP contribution in [0.15, 0.2) is 42.5 Å². The number of ether oxygens (including phenoxy) is 3. The number of Topliss-reactive ketones (excluding diaryl/α,β-unsaturated/α-hetero) is 1. The van der Waals surface area contributed by atoms with Crippen molar-refractivity contribution >= 4 is 23.3 Å². The van der Waals surface area contributed by atoms with Gasteiger partial charge in [0.05, 0.1) is 19.8 Å². The molecule has 0 aromatic heterocycles. The number of hydrogen-bond acceptors (Lipinski definition) is 6. The van der Waals surface area contributed by atoms with Crippen LogP contribution in [0.25, 0.3) is 5.57 Å². The lowest BCUT2D eigenvalue weighted by molar-refractivity contribution is -0.171. The Hall–Kier alpha value is -3.17. The van der Waals surface area contributed by atoms with Crippen LogP contribution in [-0.2, 0) is 28.6 Å². The van der Waals surface area contributed by atoms with Crippen molar-refractivity contribution in [2.24, 2.45) is 11.3 Å². The smallest absolute Gasteiger partial charge is 0.323 e. The Balaban J connectivity index is 1.88. The van der Waals surface area contributed by atoms with Gasteiger partial charge in [0.2, 0.25) is 0 Å². The molecule has 0 N–H and O–H groups in total. The minimum Gasteiger partial charge on any atom is -0.465 e. The maximum Gasteiger partial charge on any atom is 0.323 e. The number of benzene rings is 1. The van der Waals surface area contributed by atoms with Crippen LogP contribution in [0.3, 0.4) is 0 Å². The van der Waals surface area contributed by atoms with E-state index in [9.17, 15) is 14.4 Å². The maximum atomic E-state index is 12.8. The maximum absolute atomic E-state index is 12.8. The van der Waals surface area contributed by atoms with Crippen molar-refractivity contribution in [1.29, 1.82) is 0 Å². The largest absolute Gasteiger partial charge is 0.465 e. The van der Waals surface area contributed by atoms with Gasteiger partial charge in [-0.25, -0.2) is 0 Å². The Morgan fingerprint density at radius 3 is 2.41 bits per heavy atom. The molecule has 1 aromatic carbocycles. The van der Waals surface area contributed by atoms with Gasteiger partial charge in [-0.3, -0.25) is 14.4 Å². The summed E-state index contributed by atoms with van der Waals surface area (Å²) in [6.07, 6.45) is 2.34. The first-order chi connectivity index (χ1) is 15.5. The molecule has 3 rings (SSSR count). The average molecular weight is 437 g/mol. The van der Waals surface area contributed by atoms with E-state index in [4.69, 9.17) is 14.2 Å². The number of carbonyl (C=O) groups excluding carboxylic acids is 3. The van der Waals surface area contributed by atoms with E-state index in [1.54, 1.807) is 19.9 Å². The zero-order valence-electron chi connectivity index (χ0n) is 18.6. The van der Waals surface area contributed by atoms with E-state index in [1.165, 1.54) is 0 Å². The number of rotatable bonds is 8. The third kappa shape index (κ3) is 4.68. The molecule has 2 aliphatic carbocycles. The molecule has 0 unspecified atom stereocenters. The number of carbonyl (C=O) groups is 3. The molecule has 0 bridgehead atoms. The van der Waals surface area contributed by atoms with Crippen molar-refractivity contribution < 1.29 is 28.6 Å². The summed E-state index contributed by atoms with van der Waals surface area (Å²) >= 11 is 0. The first-order valence-corrected chi connectivity index (χ1v) is 10.9. The fourth-order valence-electron chi connectivity index (χ4n) is 4.41. The van der Waals surface area contributed by atoms with E-state index in [0.29, 0.717) is 18.8 Å². The highest BCUT2D eigenvalue weighted by atomic mass is 16.6. The summed E-state index contributed by atoms with van der Waals surface area (Å²) in [7, 11) is 0. The molecule has 0 radical (unpaired) electrons. The molecule has 0 heterocycles. The molecule has 168 valence electrons. The summed E-state index contributed by atoms with van der Waals surface area (Å²) in [5.74, 6) is 4.67. The molecule has 32 heavy (non-hydrogen) atoms. The van der Waals surface area contributed by atoms with E-state index in [1.807, 2.05) is 24.3 Å². The molecule has 0 amide bonds. The van der Waals surface area contributed by atoms with Crippen molar-refractivity contribution in [3.63, 3.8) is 0 Å². The van der Waals surface area contributed by atoms with Crippen molar-refractivity contribution in [3.8, 4) is 11.8 Å².